The molecular weight excluding hydrogens is 268 g/mol. The van der Waals surface area contributed by atoms with Gasteiger partial charge in [0.25, 0.3) is 5.91 Å². The third kappa shape index (κ3) is 4.49. The molecule has 5 nitrogen and oxygen atoms in total. The van der Waals surface area contributed by atoms with Crippen molar-refractivity contribution >= 4 is 5.91 Å². The lowest BCUT2D eigenvalue weighted by molar-refractivity contribution is 0.0948. The molecule has 0 fully saturated rings. The Kier molecular flexibility index (Phi) is 5.58. The molecule has 21 heavy (non-hydrogen) atoms. The van der Waals surface area contributed by atoms with Crippen LogP contribution in [-0.2, 0) is 0 Å². The molecule has 0 spiro atoms. The molecular formula is C16H18N2O3. The van der Waals surface area contributed by atoms with E-state index in [0.29, 0.717) is 24.6 Å². The Morgan fingerprint density at radius 1 is 1.19 bits per heavy atom. The van der Waals surface area contributed by atoms with Gasteiger partial charge in [0.15, 0.2) is 0 Å². The summed E-state index contributed by atoms with van der Waals surface area (Å²) < 4.78 is 10.6. The third-order valence-electron chi connectivity index (χ3n) is 2.83. The minimum Gasteiger partial charge on any atom is -0.494 e. The number of carbonyl (C=O) groups excluding carboxylic acids is 1. The number of aromatic nitrogens is 1. The van der Waals surface area contributed by atoms with Gasteiger partial charge in [-0.3, -0.25) is 4.79 Å². The van der Waals surface area contributed by atoms with Crippen molar-refractivity contribution < 1.29 is 14.3 Å². The molecule has 1 aromatic heterocycles. The number of carbonyl (C=O) groups is 1. The summed E-state index contributed by atoms with van der Waals surface area (Å²) in [4.78, 5) is 16.0. The number of hydrogen-bond acceptors (Lipinski definition) is 4. The van der Waals surface area contributed by atoms with E-state index in [1.54, 1.807) is 18.3 Å². The van der Waals surface area contributed by atoms with Crippen molar-refractivity contribution in [2.75, 3.05) is 20.3 Å². The lowest BCUT2D eigenvalue weighted by atomic mass is 10.2. The molecule has 0 bridgehead atoms. The number of hydrogen-bond donors (Lipinski definition) is 1. The number of nitrogens with zero attached hydrogens (tertiary/aromatic N) is 1. The highest BCUT2D eigenvalue weighted by Crippen LogP contribution is 2.13. The fraction of sp³-hybridized carbons (Fsp3) is 0.250. The van der Waals surface area contributed by atoms with Crippen LogP contribution in [0.5, 0.6) is 11.6 Å². The average molecular weight is 286 g/mol. The van der Waals surface area contributed by atoms with Crippen LogP contribution in [0.4, 0.5) is 0 Å². The molecule has 110 valence electrons. The first-order valence-corrected chi connectivity index (χ1v) is 6.76. The van der Waals surface area contributed by atoms with Gasteiger partial charge in [0.1, 0.15) is 11.3 Å². The summed E-state index contributed by atoms with van der Waals surface area (Å²) >= 11 is 0. The molecule has 0 saturated heterocycles. The second kappa shape index (κ2) is 7.89. The van der Waals surface area contributed by atoms with Crippen molar-refractivity contribution in [3.05, 3.63) is 54.2 Å². The topological polar surface area (TPSA) is 60.5 Å². The minimum absolute atomic E-state index is 0.195. The van der Waals surface area contributed by atoms with Gasteiger partial charge in [0.05, 0.1) is 13.7 Å². The van der Waals surface area contributed by atoms with Crippen LogP contribution < -0.4 is 14.8 Å². The molecule has 5 heteroatoms. The van der Waals surface area contributed by atoms with Crippen LogP contribution in [0.2, 0.25) is 0 Å². The van der Waals surface area contributed by atoms with E-state index in [1.165, 1.54) is 7.11 Å². The quantitative estimate of drug-likeness (QED) is 0.793. The number of para-hydroxylation sites is 1. The van der Waals surface area contributed by atoms with E-state index in [-0.39, 0.29) is 5.91 Å². The second-order valence-corrected chi connectivity index (χ2v) is 4.33. The number of ether oxygens (including phenoxy) is 2. The highest BCUT2D eigenvalue weighted by Gasteiger charge is 2.11. The highest BCUT2D eigenvalue weighted by molar-refractivity contribution is 5.96. The van der Waals surface area contributed by atoms with Crippen molar-refractivity contribution in [1.82, 2.24) is 10.3 Å². The van der Waals surface area contributed by atoms with E-state index in [9.17, 15) is 4.79 Å². The van der Waals surface area contributed by atoms with Crippen LogP contribution in [0.1, 0.15) is 16.8 Å². The first kappa shape index (κ1) is 14.8. The number of nitrogens with one attached hydrogen (secondary N) is 1. The van der Waals surface area contributed by atoms with Gasteiger partial charge in [-0.05, 0) is 30.7 Å². The first-order valence-electron chi connectivity index (χ1n) is 6.76. The molecule has 0 saturated carbocycles. The van der Waals surface area contributed by atoms with E-state index in [1.807, 2.05) is 30.3 Å². The maximum atomic E-state index is 12.0. The van der Waals surface area contributed by atoms with E-state index in [0.717, 1.165) is 12.2 Å². The van der Waals surface area contributed by atoms with Crippen molar-refractivity contribution in [3.63, 3.8) is 0 Å². The summed E-state index contributed by atoms with van der Waals surface area (Å²) in [7, 11) is 1.49. The largest absolute Gasteiger partial charge is 0.494 e. The Morgan fingerprint density at radius 2 is 2.00 bits per heavy atom. The lowest BCUT2D eigenvalue weighted by Gasteiger charge is -2.09. The van der Waals surface area contributed by atoms with Crippen LogP contribution in [-0.4, -0.2) is 31.2 Å². The van der Waals surface area contributed by atoms with Crippen molar-refractivity contribution in [1.29, 1.82) is 0 Å². The van der Waals surface area contributed by atoms with Gasteiger partial charge < -0.3 is 14.8 Å². The summed E-state index contributed by atoms with van der Waals surface area (Å²) in [5, 5.41) is 2.82. The number of pyridine rings is 1. The second-order valence-electron chi connectivity index (χ2n) is 4.33. The SMILES string of the molecule is COc1ncccc1C(=O)NCCCOc1ccccc1. The predicted molar refractivity (Wildman–Crippen MR) is 79.7 cm³/mol. The minimum atomic E-state index is -0.195. The van der Waals surface area contributed by atoms with Crippen molar-refractivity contribution in [2.24, 2.45) is 0 Å². The van der Waals surface area contributed by atoms with E-state index in [4.69, 9.17) is 9.47 Å². The molecule has 0 radical (unpaired) electrons. The molecule has 0 aliphatic rings. The fourth-order valence-electron chi connectivity index (χ4n) is 1.80. The molecule has 2 rings (SSSR count). The molecule has 1 N–H and O–H groups in total. The lowest BCUT2D eigenvalue weighted by Crippen LogP contribution is -2.26. The molecule has 1 aromatic carbocycles. The summed E-state index contributed by atoms with van der Waals surface area (Å²) in [6.07, 6.45) is 2.31. The Bertz CT molecular complexity index is 573. The number of rotatable bonds is 7. The van der Waals surface area contributed by atoms with Gasteiger partial charge in [-0.2, -0.15) is 0 Å². The Labute approximate surface area is 123 Å². The van der Waals surface area contributed by atoms with Gasteiger partial charge in [0, 0.05) is 12.7 Å². The Hall–Kier alpha value is -2.56. The summed E-state index contributed by atoms with van der Waals surface area (Å²) in [6.45, 7) is 1.08. The molecule has 0 atom stereocenters. The summed E-state index contributed by atoms with van der Waals surface area (Å²) in [5.41, 5.74) is 0.434. The maximum absolute atomic E-state index is 12.0. The molecule has 2 aromatic rings. The number of amides is 1. The van der Waals surface area contributed by atoms with Crippen LogP contribution in [0.3, 0.4) is 0 Å². The van der Waals surface area contributed by atoms with E-state index in [2.05, 4.69) is 10.3 Å². The maximum Gasteiger partial charge on any atom is 0.256 e. The van der Waals surface area contributed by atoms with Gasteiger partial charge in [-0.1, -0.05) is 18.2 Å². The van der Waals surface area contributed by atoms with Crippen LogP contribution in [0.25, 0.3) is 0 Å². The zero-order chi connectivity index (χ0) is 14.9. The molecule has 0 aliphatic heterocycles. The van der Waals surface area contributed by atoms with Crippen LogP contribution in [0, 0.1) is 0 Å². The number of benzene rings is 1. The zero-order valence-corrected chi connectivity index (χ0v) is 11.9. The average Bonchev–Trinajstić information content (AvgIpc) is 2.55. The zero-order valence-electron chi connectivity index (χ0n) is 11.9. The monoisotopic (exact) mass is 286 g/mol. The molecule has 0 unspecified atom stereocenters. The highest BCUT2D eigenvalue weighted by atomic mass is 16.5. The van der Waals surface area contributed by atoms with Crippen LogP contribution in [0.15, 0.2) is 48.7 Å². The summed E-state index contributed by atoms with van der Waals surface area (Å²) in [6, 6.07) is 13.0. The summed E-state index contributed by atoms with van der Waals surface area (Å²) in [5.74, 6) is 0.966. The third-order valence-corrected chi connectivity index (χ3v) is 2.83. The van der Waals surface area contributed by atoms with Gasteiger partial charge >= 0.3 is 0 Å². The van der Waals surface area contributed by atoms with Crippen molar-refractivity contribution in [3.8, 4) is 11.6 Å². The van der Waals surface area contributed by atoms with Crippen molar-refractivity contribution in [2.45, 2.75) is 6.42 Å². The van der Waals surface area contributed by atoms with Crippen LogP contribution >= 0.6 is 0 Å². The van der Waals surface area contributed by atoms with Gasteiger partial charge in [0.2, 0.25) is 5.88 Å². The van der Waals surface area contributed by atoms with E-state index >= 15 is 0 Å². The van der Waals surface area contributed by atoms with Gasteiger partial charge in [-0.25, -0.2) is 4.98 Å². The Balaban J connectivity index is 1.72. The fourth-order valence-corrected chi connectivity index (χ4v) is 1.80. The molecule has 1 amide bonds. The smallest absolute Gasteiger partial charge is 0.256 e. The Morgan fingerprint density at radius 3 is 2.76 bits per heavy atom. The first-order chi connectivity index (χ1) is 10.3. The molecule has 1 heterocycles. The van der Waals surface area contributed by atoms with Gasteiger partial charge in [-0.15, -0.1) is 0 Å². The normalized spacial score (nSPS) is 9.95. The molecule has 0 aliphatic carbocycles. The predicted octanol–water partition coefficient (Wildman–Crippen LogP) is 2.29. The standard InChI is InChI=1S/C16H18N2O3/c1-20-16-14(9-5-10-18-16)15(19)17-11-6-12-21-13-7-3-2-4-8-13/h2-5,7-10H,6,11-12H2,1H3,(H,17,19). The number of methoxy groups -OCH3 is 1. The van der Waals surface area contributed by atoms with E-state index < -0.39 is 0 Å².